The number of rotatable bonds is 1. The van der Waals surface area contributed by atoms with Crippen LogP contribution >= 0.6 is 12.2 Å². The van der Waals surface area contributed by atoms with Gasteiger partial charge in [0.15, 0.2) is 0 Å². The minimum atomic E-state index is 0.718. The van der Waals surface area contributed by atoms with Gasteiger partial charge in [-0.15, -0.1) is 0 Å². The summed E-state index contributed by atoms with van der Waals surface area (Å²) in [5, 5.41) is 2.44. The van der Waals surface area contributed by atoms with Crippen molar-refractivity contribution in [2.24, 2.45) is 0 Å². The molecule has 0 saturated heterocycles. The van der Waals surface area contributed by atoms with E-state index < -0.39 is 0 Å². The Balaban J connectivity index is 2.25. The van der Waals surface area contributed by atoms with Gasteiger partial charge in [-0.25, -0.2) is 4.98 Å². The van der Waals surface area contributed by atoms with Gasteiger partial charge in [0, 0.05) is 11.8 Å². The average molecular weight is 238 g/mol. The molecule has 0 aliphatic carbocycles. The topological polar surface area (TPSA) is 28.7 Å². The van der Waals surface area contributed by atoms with Crippen LogP contribution in [0.15, 0.2) is 55.0 Å². The third-order valence-electron chi connectivity index (χ3n) is 2.78. The van der Waals surface area contributed by atoms with Crippen LogP contribution in [-0.2, 0) is 0 Å². The number of fused-ring (bicyclic) bond motifs is 1. The Morgan fingerprint density at radius 1 is 1.00 bits per heavy atom. The van der Waals surface area contributed by atoms with E-state index in [2.05, 4.69) is 40.3 Å². The fourth-order valence-electron chi connectivity index (χ4n) is 1.91. The summed E-state index contributed by atoms with van der Waals surface area (Å²) in [4.78, 5) is 7.03. The van der Waals surface area contributed by atoms with Crippen molar-refractivity contribution in [3.05, 3.63) is 59.6 Å². The zero-order valence-electron chi connectivity index (χ0n) is 9.05. The highest BCUT2D eigenvalue weighted by Gasteiger charge is 2.01. The Morgan fingerprint density at radius 3 is 2.65 bits per heavy atom. The van der Waals surface area contributed by atoms with Crippen LogP contribution in [0.25, 0.3) is 21.9 Å². The molecule has 0 radical (unpaired) electrons. The normalized spacial score (nSPS) is 10.6. The maximum atomic E-state index is 5.26. The molecule has 1 N–H and O–H groups in total. The minimum absolute atomic E-state index is 0.718. The number of aromatic nitrogens is 2. The molecule has 17 heavy (non-hydrogen) atoms. The van der Waals surface area contributed by atoms with Crippen LogP contribution in [-0.4, -0.2) is 9.97 Å². The summed E-state index contributed by atoms with van der Waals surface area (Å²) in [6, 6.07) is 14.6. The summed E-state index contributed by atoms with van der Waals surface area (Å²) in [6.07, 6.45) is 3.40. The quantitative estimate of drug-likeness (QED) is 0.650. The lowest BCUT2D eigenvalue weighted by Gasteiger charge is -2.03. The van der Waals surface area contributed by atoms with Crippen molar-refractivity contribution in [3.8, 4) is 11.1 Å². The molecule has 3 rings (SSSR count). The van der Waals surface area contributed by atoms with E-state index in [0.29, 0.717) is 0 Å². The number of H-pyrrole nitrogens is 1. The minimum Gasteiger partial charge on any atom is -0.337 e. The average Bonchev–Trinajstić information content (AvgIpc) is 2.39. The first-order chi connectivity index (χ1) is 8.34. The number of aromatic amines is 1. The van der Waals surface area contributed by atoms with Crippen LogP contribution in [0.1, 0.15) is 0 Å². The molecule has 3 aromatic rings. The van der Waals surface area contributed by atoms with Crippen LogP contribution in [0.4, 0.5) is 0 Å². The molecule has 0 aliphatic rings. The molecule has 0 fully saturated rings. The van der Waals surface area contributed by atoms with Gasteiger partial charge in [0.2, 0.25) is 0 Å². The number of hydrogen-bond acceptors (Lipinski definition) is 2. The van der Waals surface area contributed by atoms with Crippen molar-refractivity contribution in [1.82, 2.24) is 9.97 Å². The van der Waals surface area contributed by atoms with Crippen LogP contribution in [0.2, 0.25) is 0 Å². The zero-order chi connectivity index (χ0) is 11.7. The number of hydrogen-bond donors (Lipinski definition) is 1. The standard InChI is InChI=1S/C14H10N2S/c17-14-13(8-15-9-16-14)12-6-5-10-3-1-2-4-11(10)7-12/h1-9H,(H,15,16,17). The molecule has 0 atom stereocenters. The van der Waals surface area contributed by atoms with E-state index in [0.717, 1.165) is 15.8 Å². The van der Waals surface area contributed by atoms with E-state index >= 15 is 0 Å². The molecular weight excluding hydrogens is 228 g/mol. The van der Waals surface area contributed by atoms with Crippen molar-refractivity contribution in [3.63, 3.8) is 0 Å². The van der Waals surface area contributed by atoms with Crippen molar-refractivity contribution in [2.75, 3.05) is 0 Å². The third-order valence-corrected chi connectivity index (χ3v) is 3.12. The van der Waals surface area contributed by atoms with Crippen molar-refractivity contribution in [1.29, 1.82) is 0 Å². The largest absolute Gasteiger partial charge is 0.337 e. The number of benzene rings is 2. The first-order valence-electron chi connectivity index (χ1n) is 5.36. The van der Waals surface area contributed by atoms with E-state index in [4.69, 9.17) is 12.2 Å². The lowest BCUT2D eigenvalue weighted by atomic mass is 10.0. The molecular formula is C14H10N2S. The van der Waals surface area contributed by atoms with E-state index in [-0.39, 0.29) is 0 Å². The highest BCUT2D eigenvalue weighted by molar-refractivity contribution is 7.71. The second-order valence-electron chi connectivity index (χ2n) is 3.86. The summed E-state index contributed by atoms with van der Waals surface area (Å²) < 4.78 is 0.718. The molecule has 82 valence electrons. The van der Waals surface area contributed by atoms with Crippen molar-refractivity contribution in [2.45, 2.75) is 0 Å². The van der Waals surface area contributed by atoms with E-state index in [1.807, 2.05) is 12.1 Å². The van der Waals surface area contributed by atoms with Gasteiger partial charge in [0.1, 0.15) is 4.64 Å². The smallest absolute Gasteiger partial charge is 0.113 e. The predicted octanol–water partition coefficient (Wildman–Crippen LogP) is 3.96. The second-order valence-corrected chi connectivity index (χ2v) is 4.26. The maximum Gasteiger partial charge on any atom is 0.113 e. The Hall–Kier alpha value is -2.00. The highest BCUT2D eigenvalue weighted by Crippen LogP contribution is 2.23. The SMILES string of the molecule is S=c1[nH]cncc1-c1ccc2ccccc2c1. The Morgan fingerprint density at radius 2 is 1.82 bits per heavy atom. The third kappa shape index (κ3) is 1.85. The molecule has 2 aromatic carbocycles. The molecule has 0 saturated carbocycles. The van der Waals surface area contributed by atoms with E-state index in [9.17, 15) is 0 Å². The zero-order valence-corrected chi connectivity index (χ0v) is 9.87. The van der Waals surface area contributed by atoms with Gasteiger partial charge in [0.25, 0.3) is 0 Å². The van der Waals surface area contributed by atoms with Gasteiger partial charge in [-0.2, -0.15) is 0 Å². The Kier molecular flexibility index (Phi) is 2.46. The molecule has 0 aliphatic heterocycles. The second kappa shape index (κ2) is 4.11. The molecule has 0 amide bonds. The van der Waals surface area contributed by atoms with Gasteiger partial charge in [-0.3, -0.25) is 0 Å². The summed E-state index contributed by atoms with van der Waals surface area (Å²) in [6.45, 7) is 0. The van der Waals surface area contributed by atoms with Gasteiger partial charge in [-0.05, 0) is 22.4 Å². The number of nitrogens with one attached hydrogen (secondary N) is 1. The van der Waals surface area contributed by atoms with Crippen molar-refractivity contribution >= 4 is 23.0 Å². The van der Waals surface area contributed by atoms with Gasteiger partial charge < -0.3 is 4.98 Å². The Bertz CT molecular complexity index is 731. The van der Waals surface area contributed by atoms with Gasteiger partial charge in [0.05, 0.1) is 6.33 Å². The molecule has 0 unspecified atom stereocenters. The lowest BCUT2D eigenvalue weighted by molar-refractivity contribution is 1.15. The molecule has 3 heteroatoms. The molecule has 2 nitrogen and oxygen atoms in total. The van der Waals surface area contributed by atoms with E-state index in [1.165, 1.54) is 10.8 Å². The molecule has 0 spiro atoms. The molecule has 1 aromatic heterocycles. The summed E-state index contributed by atoms with van der Waals surface area (Å²) in [5.74, 6) is 0. The predicted molar refractivity (Wildman–Crippen MR) is 72.4 cm³/mol. The number of nitrogens with zero attached hydrogens (tertiary/aromatic N) is 1. The fraction of sp³-hybridized carbons (Fsp3) is 0. The summed E-state index contributed by atoms with van der Waals surface area (Å²) in [5.41, 5.74) is 2.06. The maximum absolute atomic E-state index is 5.26. The van der Waals surface area contributed by atoms with Crippen LogP contribution in [0.5, 0.6) is 0 Å². The van der Waals surface area contributed by atoms with Crippen LogP contribution in [0.3, 0.4) is 0 Å². The fourth-order valence-corrected chi connectivity index (χ4v) is 2.13. The Labute approximate surface area is 104 Å². The first-order valence-corrected chi connectivity index (χ1v) is 5.77. The lowest BCUT2D eigenvalue weighted by Crippen LogP contribution is -1.85. The highest BCUT2D eigenvalue weighted by atomic mass is 32.1. The van der Waals surface area contributed by atoms with Crippen molar-refractivity contribution < 1.29 is 0 Å². The van der Waals surface area contributed by atoms with Gasteiger partial charge in [-0.1, -0.05) is 48.6 Å². The van der Waals surface area contributed by atoms with Crippen LogP contribution < -0.4 is 0 Å². The molecule has 1 heterocycles. The summed E-state index contributed by atoms with van der Waals surface area (Å²) >= 11 is 5.26. The van der Waals surface area contributed by atoms with Gasteiger partial charge >= 0.3 is 0 Å². The first kappa shape index (κ1) is 10.2. The van der Waals surface area contributed by atoms with E-state index in [1.54, 1.807) is 12.5 Å². The summed E-state index contributed by atoms with van der Waals surface area (Å²) in [7, 11) is 0. The monoisotopic (exact) mass is 238 g/mol. The van der Waals surface area contributed by atoms with Crippen LogP contribution in [0, 0.1) is 4.64 Å². The molecule has 0 bridgehead atoms.